The van der Waals surface area contributed by atoms with Crippen LogP contribution in [0, 0.1) is 0 Å². The molecule has 140 valence electrons. The molecule has 0 atom stereocenters. The predicted octanol–water partition coefficient (Wildman–Crippen LogP) is 3.28. The zero-order valence-electron chi connectivity index (χ0n) is 14.6. The van der Waals surface area contributed by atoms with E-state index in [1.54, 1.807) is 24.4 Å². The highest BCUT2D eigenvalue weighted by Gasteiger charge is 2.23. The molecule has 3 rings (SSSR count). The quantitative estimate of drug-likeness (QED) is 0.855. The molecule has 0 saturated carbocycles. The predicted molar refractivity (Wildman–Crippen MR) is 93.2 cm³/mol. The highest BCUT2D eigenvalue weighted by atomic mass is 19.3. The number of likely N-dealkylation sites (tertiary alicyclic amines) is 1. The lowest BCUT2D eigenvalue weighted by Gasteiger charge is -2.33. The van der Waals surface area contributed by atoms with Gasteiger partial charge < -0.3 is 10.1 Å². The second-order valence-corrected chi connectivity index (χ2v) is 6.34. The molecule has 2 heterocycles. The number of hydrogen-bond donors (Lipinski definition) is 1. The monoisotopic (exact) mass is 364 g/mol. The number of aromatic nitrogens is 2. The Labute approximate surface area is 150 Å². The summed E-state index contributed by atoms with van der Waals surface area (Å²) in [5.41, 5.74) is 0.754. The van der Waals surface area contributed by atoms with Crippen LogP contribution in [-0.2, 0) is 11.3 Å². The topological polar surface area (TPSA) is 59.4 Å². The summed E-state index contributed by atoms with van der Waals surface area (Å²) in [4.78, 5) is 13.5. The minimum atomic E-state index is -2.83. The largest absolute Gasteiger partial charge is 0.434 e. The molecule has 1 amide bonds. The SMILES string of the molecule is CC(=O)Nc1ccnn1C1CCN(Cc2ccccc2OC(F)F)CC1. The van der Waals surface area contributed by atoms with Crippen LogP contribution < -0.4 is 10.1 Å². The molecule has 1 saturated heterocycles. The van der Waals surface area contributed by atoms with E-state index in [0.717, 1.165) is 31.5 Å². The second-order valence-electron chi connectivity index (χ2n) is 6.34. The molecule has 1 aliphatic rings. The van der Waals surface area contributed by atoms with Gasteiger partial charge in [0, 0.05) is 38.2 Å². The molecule has 0 radical (unpaired) electrons. The number of amides is 1. The fourth-order valence-electron chi connectivity index (χ4n) is 3.29. The molecule has 0 bridgehead atoms. The molecule has 8 heteroatoms. The molecule has 0 spiro atoms. The standard InChI is InChI=1S/C18H22F2N4O2/c1-13(25)22-17-6-9-21-24(17)15-7-10-23(11-8-15)12-14-4-2-3-5-16(14)26-18(19)20/h2-6,9,15,18H,7-8,10-12H2,1H3,(H,22,25). The van der Waals surface area contributed by atoms with Crippen molar-refractivity contribution in [1.82, 2.24) is 14.7 Å². The van der Waals surface area contributed by atoms with Crippen LogP contribution in [-0.4, -0.2) is 40.3 Å². The van der Waals surface area contributed by atoms with Crippen molar-refractivity contribution in [2.24, 2.45) is 0 Å². The number of alkyl halides is 2. The second kappa shape index (κ2) is 8.27. The molecule has 6 nitrogen and oxygen atoms in total. The lowest BCUT2D eigenvalue weighted by atomic mass is 10.0. The van der Waals surface area contributed by atoms with E-state index in [1.807, 2.05) is 16.8 Å². The number of halogens is 2. The average Bonchev–Trinajstić information content (AvgIpc) is 3.04. The number of benzene rings is 1. The smallest absolute Gasteiger partial charge is 0.387 e. The van der Waals surface area contributed by atoms with E-state index >= 15 is 0 Å². The Morgan fingerprint density at radius 2 is 2.04 bits per heavy atom. The van der Waals surface area contributed by atoms with E-state index in [9.17, 15) is 13.6 Å². The number of para-hydroxylation sites is 1. The Kier molecular flexibility index (Phi) is 5.82. The van der Waals surface area contributed by atoms with Gasteiger partial charge >= 0.3 is 6.61 Å². The first kappa shape index (κ1) is 18.3. The Hall–Kier alpha value is -2.48. The van der Waals surface area contributed by atoms with E-state index in [-0.39, 0.29) is 17.7 Å². The van der Waals surface area contributed by atoms with E-state index < -0.39 is 6.61 Å². The van der Waals surface area contributed by atoms with Gasteiger partial charge in [0.25, 0.3) is 0 Å². The summed E-state index contributed by atoms with van der Waals surface area (Å²) in [7, 11) is 0. The van der Waals surface area contributed by atoms with Crippen LogP contribution in [0.25, 0.3) is 0 Å². The molecule has 2 aromatic rings. The summed E-state index contributed by atoms with van der Waals surface area (Å²) in [6, 6.07) is 8.88. The van der Waals surface area contributed by atoms with Crippen LogP contribution in [0.2, 0.25) is 0 Å². The van der Waals surface area contributed by atoms with Crippen LogP contribution in [0.5, 0.6) is 5.75 Å². The van der Waals surface area contributed by atoms with Gasteiger partial charge in [0.1, 0.15) is 11.6 Å². The third kappa shape index (κ3) is 4.57. The van der Waals surface area contributed by atoms with Crippen molar-refractivity contribution in [2.45, 2.75) is 39.0 Å². The molecule has 1 N–H and O–H groups in total. The number of piperidine rings is 1. The summed E-state index contributed by atoms with van der Waals surface area (Å²) >= 11 is 0. The highest BCUT2D eigenvalue weighted by Crippen LogP contribution is 2.28. The van der Waals surface area contributed by atoms with Crippen molar-refractivity contribution in [1.29, 1.82) is 0 Å². The summed E-state index contributed by atoms with van der Waals surface area (Å²) in [6.45, 7) is 0.834. The molecule has 1 fully saturated rings. The maximum absolute atomic E-state index is 12.5. The van der Waals surface area contributed by atoms with E-state index in [2.05, 4.69) is 20.1 Å². The molecular weight excluding hydrogens is 342 g/mol. The van der Waals surface area contributed by atoms with Gasteiger partial charge in [0.2, 0.25) is 5.91 Å². The highest BCUT2D eigenvalue weighted by molar-refractivity contribution is 5.87. The van der Waals surface area contributed by atoms with Gasteiger partial charge in [-0.3, -0.25) is 9.69 Å². The molecule has 26 heavy (non-hydrogen) atoms. The third-order valence-corrected chi connectivity index (χ3v) is 4.46. The number of carbonyl (C=O) groups is 1. The van der Waals surface area contributed by atoms with Gasteiger partial charge in [-0.05, 0) is 18.9 Å². The molecule has 0 aliphatic carbocycles. The molecular formula is C18H22F2N4O2. The first-order chi connectivity index (χ1) is 12.5. The fraction of sp³-hybridized carbons (Fsp3) is 0.444. The van der Waals surface area contributed by atoms with Gasteiger partial charge in [-0.15, -0.1) is 0 Å². The lowest BCUT2D eigenvalue weighted by Crippen LogP contribution is -2.35. The minimum Gasteiger partial charge on any atom is -0.434 e. The fourth-order valence-corrected chi connectivity index (χ4v) is 3.29. The van der Waals surface area contributed by atoms with Crippen LogP contribution in [0.4, 0.5) is 14.6 Å². The van der Waals surface area contributed by atoms with E-state index in [0.29, 0.717) is 12.4 Å². The molecule has 1 aromatic heterocycles. The van der Waals surface area contributed by atoms with Crippen molar-refractivity contribution < 1.29 is 18.3 Å². The maximum atomic E-state index is 12.5. The number of carbonyl (C=O) groups excluding carboxylic acids is 1. The average molecular weight is 364 g/mol. The Morgan fingerprint density at radius 1 is 1.31 bits per heavy atom. The van der Waals surface area contributed by atoms with Crippen LogP contribution in [0.15, 0.2) is 36.5 Å². The van der Waals surface area contributed by atoms with Gasteiger partial charge in [0.05, 0.1) is 12.2 Å². The normalized spacial score (nSPS) is 16.0. The number of rotatable bonds is 6. The summed E-state index contributed by atoms with van der Waals surface area (Å²) in [5, 5.41) is 7.12. The van der Waals surface area contributed by atoms with Gasteiger partial charge in [-0.2, -0.15) is 13.9 Å². The lowest BCUT2D eigenvalue weighted by molar-refractivity contribution is -0.114. The zero-order chi connectivity index (χ0) is 18.5. The number of nitrogens with zero attached hydrogens (tertiary/aromatic N) is 3. The number of hydrogen-bond acceptors (Lipinski definition) is 4. The first-order valence-corrected chi connectivity index (χ1v) is 8.59. The molecule has 1 aromatic carbocycles. The molecule has 0 unspecified atom stereocenters. The Bertz CT molecular complexity index is 742. The maximum Gasteiger partial charge on any atom is 0.387 e. The van der Waals surface area contributed by atoms with Crippen molar-refractivity contribution in [3.05, 3.63) is 42.1 Å². The van der Waals surface area contributed by atoms with Crippen molar-refractivity contribution in [3.63, 3.8) is 0 Å². The van der Waals surface area contributed by atoms with Crippen molar-refractivity contribution >= 4 is 11.7 Å². The van der Waals surface area contributed by atoms with Crippen LogP contribution in [0.3, 0.4) is 0 Å². The van der Waals surface area contributed by atoms with Crippen LogP contribution in [0.1, 0.15) is 31.4 Å². The number of ether oxygens (including phenoxy) is 1. The van der Waals surface area contributed by atoms with Crippen molar-refractivity contribution in [3.8, 4) is 5.75 Å². The Morgan fingerprint density at radius 3 is 2.73 bits per heavy atom. The summed E-state index contributed by atoms with van der Waals surface area (Å²) in [6.07, 6.45) is 3.41. The number of anilines is 1. The molecule has 1 aliphatic heterocycles. The first-order valence-electron chi connectivity index (χ1n) is 8.59. The minimum absolute atomic E-state index is 0.125. The van der Waals surface area contributed by atoms with E-state index in [4.69, 9.17) is 0 Å². The number of nitrogens with one attached hydrogen (secondary N) is 1. The zero-order valence-corrected chi connectivity index (χ0v) is 14.6. The van der Waals surface area contributed by atoms with Gasteiger partial charge in [-0.25, -0.2) is 4.68 Å². The van der Waals surface area contributed by atoms with Gasteiger partial charge in [-0.1, -0.05) is 18.2 Å². The third-order valence-electron chi connectivity index (χ3n) is 4.46. The van der Waals surface area contributed by atoms with E-state index in [1.165, 1.54) is 6.92 Å². The Balaban J connectivity index is 1.60. The van der Waals surface area contributed by atoms with Gasteiger partial charge in [0.15, 0.2) is 0 Å². The van der Waals surface area contributed by atoms with Crippen LogP contribution >= 0.6 is 0 Å². The van der Waals surface area contributed by atoms with Crippen molar-refractivity contribution in [2.75, 3.05) is 18.4 Å². The summed E-state index contributed by atoms with van der Waals surface area (Å²) in [5.74, 6) is 0.802. The summed E-state index contributed by atoms with van der Waals surface area (Å²) < 4.78 is 31.5.